The maximum absolute atomic E-state index is 13.1. The smallest absolute Gasteiger partial charge is 0.261 e. The summed E-state index contributed by atoms with van der Waals surface area (Å²) in [7, 11) is 0. The third-order valence-corrected chi connectivity index (χ3v) is 4.76. The number of carbonyl (C=O) groups is 2. The molecule has 2 aromatic rings. The van der Waals surface area contributed by atoms with Crippen LogP contribution in [0.4, 0.5) is 4.39 Å². The minimum atomic E-state index is -0.869. The van der Waals surface area contributed by atoms with Gasteiger partial charge in [0.05, 0.1) is 17.2 Å². The molecule has 23 heavy (non-hydrogen) atoms. The Morgan fingerprint density at radius 3 is 2.26 bits per heavy atom. The van der Waals surface area contributed by atoms with Gasteiger partial charge in [-0.25, -0.2) is 4.39 Å². The van der Waals surface area contributed by atoms with E-state index in [0.29, 0.717) is 20.3 Å². The van der Waals surface area contributed by atoms with E-state index >= 15 is 0 Å². The SMILES string of the molecule is O=C1c2ccccc2C(=O)N1CCC(O)c1ccc(F)cc1I. The van der Waals surface area contributed by atoms with Crippen molar-refractivity contribution in [2.75, 3.05) is 6.54 Å². The first kappa shape index (κ1) is 16.1. The van der Waals surface area contributed by atoms with Gasteiger partial charge in [-0.05, 0) is 58.8 Å². The summed E-state index contributed by atoms with van der Waals surface area (Å²) in [6, 6.07) is 10.8. The van der Waals surface area contributed by atoms with E-state index in [1.807, 2.05) is 22.6 Å². The number of hydrogen-bond donors (Lipinski definition) is 1. The molecule has 1 aliphatic rings. The highest BCUT2D eigenvalue weighted by Crippen LogP contribution is 2.27. The number of amides is 2. The number of nitrogens with zero attached hydrogens (tertiary/aromatic N) is 1. The molecule has 1 unspecified atom stereocenters. The molecule has 0 spiro atoms. The molecule has 0 radical (unpaired) electrons. The van der Waals surface area contributed by atoms with Crippen LogP contribution in [0.25, 0.3) is 0 Å². The van der Waals surface area contributed by atoms with Gasteiger partial charge in [-0.3, -0.25) is 14.5 Å². The number of benzene rings is 2. The quantitative estimate of drug-likeness (QED) is 0.605. The molecule has 0 saturated heterocycles. The van der Waals surface area contributed by atoms with Crippen molar-refractivity contribution >= 4 is 34.4 Å². The van der Waals surface area contributed by atoms with Gasteiger partial charge in [0, 0.05) is 10.1 Å². The summed E-state index contributed by atoms with van der Waals surface area (Å²) in [6.45, 7) is 0.112. The van der Waals surface area contributed by atoms with E-state index in [9.17, 15) is 19.1 Å². The Morgan fingerprint density at radius 1 is 1.09 bits per heavy atom. The Balaban J connectivity index is 1.72. The van der Waals surface area contributed by atoms with Crippen molar-refractivity contribution in [3.05, 3.63) is 68.5 Å². The molecule has 0 aromatic heterocycles. The van der Waals surface area contributed by atoms with Gasteiger partial charge in [-0.2, -0.15) is 0 Å². The second kappa shape index (κ2) is 6.37. The molecule has 0 bridgehead atoms. The van der Waals surface area contributed by atoms with Gasteiger partial charge in [0.15, 0.2) is 0 Å². The summed E-state index contributed by atoms with van der Waals surface area (Å²) in [4.78, 5) is 25.6. The first-order chi connectivity index (χ1) is 11.0. The molecule has 0 fully saturated rings. The molecule has 3 rings (SSSR count). The van der Waals surface area contributed by atoms with Crippen LogP contribution in [0.2, 0.25) is 0 Å². The molecule has 0 aliphatic carbocycles. The number of aliphatic hydroxyl groups is 1. The van der Waals surface area contributed by atoms with E-state index in [-0.39, 0.29) is 30.6 Å². The number of carbonyl (C=O) groups excluding carboxylic acids is 2. The molecule has 1 aliphatic heterocycles. The molecule has 2 amide bonds. The first-order valence-electron chi connectivity index (χ1n) is 7.07. The topological polar surface area (TPSA) is 57.6 Å². The standard InChI is InChI=1S/C17H13FINO3/c18-10-5-6-13(14(19)9-10)15(21)7-8-20-16(22)11-3-1-2-4-12(11)17(20)23/h1-6,9,15,21H,7-8H2. The van der Waals surface area contributed by atoms with Gasteiger partial charge in [0.2, 0.25) is 0 Å². The fraction of sp³-hybridized carbons (Fsp3) is 0.176. The second-order valence-corrected chi connectivity index (χ2v) is 6.44. The molecule has 6 heteroatoms. The van der Waals surface area contributed by atoms with Crippen molar-refractivity contribution in [3.8, 4) is 0 Å². The molecule has 118 valence electrons. The summed E-state index contributed by atoms with van der Waals surface area (Å²) in [5, 5.41) is 10.3. The third-order valence-electron chi connectivity index (χ3n) is 3.83. The van der Waals surface area contributed by atoms with Crippen molar-refractivity contribution < 1.29 is 19.1 Å². The van der Waals surface area contributed by atoms with Crippen LogP contribution in [0.5, 0.6) is 0 Å². The lowest BCUT2D eigenvalue weighted by Crippen LogP contribution is -2.31. The summed E-state index contributed by atoms with van der Waals surface area (Å²) in [5.41, 5.74) is 1.37. The van der Waals surface area contributed by atoms with Crippen LogP contribution in [0.15, 0.2) is 42.5 Å². The maximum atomic E-state index is 13.1. The minimum Gasteiger partial charge on any atom is -0.388 e. The van der Waals surface area contributed by atoms with E-state index in [0.717, 1.165) is 4.90 Å². The molecule has 0 saturated carbocycles. The van der Waals surface area contributed by atoms with Crippen LogP contribution in [0.1, 0.15) is 38.8 Å². The van der Waals surface area contributed by atoms with Gasteiger partial charge < -0.3 is 5.11 Å². The van der Waals surface area contributed by atoms with E-state index in [4.69, 9.17) is 0 Å². The fourth-order valence-corrected chi connectivity index (χ4v) is 3.46. The molecule has 4 nitrogen and oxygen atoms in total. The lowest BCUT2D eigenvalue weighted by molar-refractivity contribution is 0.0621. The Morgan fingerprint density at radius 2 is 1.70 bits per heavy atom. The average Bonchev–Trinajstić information content (AvgIpc) is 2.77. The largest absolute Gasteiger partial charge is 0.388 e. The minimum absolute atomic E-state index is 0.112. The van der Waals surface area contributed by atoms with E-state index in [2.05, 4.69) is 0 Å². The summed E-state index contributed by atoms with van der Waals surface area (Å²) < 4.78 is 13.7. The second-order valence-electron chi connectivity index (χ2n) is 5.28. The van der Waals surface area contributed by atoms with Crippen LogP contribution in [0, 0.1) is 9.39 Å². The van der Waals surface area contributed by atoms with E-state index < -0.39 is 6.10 Å². The van der Waals surface area contributed by atoms with Gasteiger partial charge in [-0.1, -0.05) is 18.2 Å². The van der Waals surface area contributed by atoms with Crippen molar-refractivity contribution in [1.29, 1.82) is 0 Å². The Hall–Kier alpha value is -1.80. The predicted molar refractivity (Wildman–Crippen MR) is 90.5 cm³/mol. The average molecular weight is 425 g/mol. The van der Waals surface area contributed by atoms with Crippen LogP contribution < -0.4 is 0 Å². The summed E-state index contributed by atoms with van der Waals surface area (Å²) in [6.07, 6.45) is -0.667. The van der Waals surface area contributed by atoms with E-state index in [1.165, 1.54) is 18.2 Å². The Bertz CT molecular complexity index is 758. The van der Waals surface area contributed by atoms with Crippen molar-refractivity contribution in [2.45, 2.75) is 12.5 Å². The lowest BCUT2D eigenvalue weighted by atomic mass is 10.1. The lowest BCUT2D eigenvalue weighted by Gasteiger charge is -2.18. The molecule has 2 aromatic carbocycles. The third kappa shape index (κ3) is 3.00. The number of aliphatic hydroxyl groups excluding tert-OH is 1. The number of fused-ring (bicyclic) bond motifs is 1. The number of halogens is 2. The predicted octanol–water partition coefficient (Wildman–Crippen LogP) is 3.15. The molecular formula is C17H13FINO3. The molecule has 1 heterocycles. The van der Waals surface area contributed by atoms with Crippen LogP contribution >= 0.6 is 22.6 Å². The first-order valence-corrected chi connectivity index (χ1v) is 8.15. The van der Waals surface area contributed by atoms with E-state index in [1.54, 1.807) is 24.3 Å². The molecular weight excluding hydrogens is 412 g/mol. The maximum Gasteiger partial charge on any atom is 0.261 e. The van der Waals surface area contributed by atoms with Gasteiger partial charge in [-0.15, -0.1) is 0 Å². The highest BCUT2D eigenvalue weighted by molar-refractivity contribution is 14.1. The zero-order valence-corrected chi connectivity index (χ0v) is 14.2. The van der Waals surface area contributed by atoms with Gasteiger partial charge in [0.25, 0.3) is 11.8 Å². The fourth-order valence-electron chi connectivity index (χ4n) is 2.62. The molecule has 1 atom stereocenters. The van der Waals surface area contributed by atoms with Crippen LogP contribution in [-0.4, -0.2) is 28.4 Å². The monoisotopic (exact) mass is 425 g/mol. The zero-order valence-electron chi connectivity index (χ0n) is 12.0. The number of imide groups is 1. The van der Waals surface area contributed by atoms with Gasteiger partial charge >= 0.3 is 0 Å². The molecule has 1 N–H and O–H groups in total. The van der Waals surface area contributed by atoms with Crippen LogP contribution in [0.3, 0.4) is 0 Å². The zero-order chi connectivity index (χ0) is 16.6. The summed E-state index contributed by atoms with van der Waals surface area (Å²) in [5.74, 6) is -1.05. The van der Waals surface area contributed by atoms with Crippen molar-refractivity contribution in [1.82, 2.24) is 4.90 Å². The number of rotatable bonds is 4. The summed E-state index contributed by atoms with van der Waals surface area (Å²) >= 11 is 1.95. The highest BCUT2D eigenvalue weighted by atomic mass is 127. The van der Waals surface area contributed by atoms with Gasteiger partial charge in [0.1, 0.15) is 5.82 Å². The highest BCUT2D eigenvalue weighted by Gasteiger charge is 2.35. The van der Waals surface area contributed by atoms with Crippen LogP contribution in [-0.2, 0) is 0 Å². The Labute approximate surface area is 146 Å². The van der Waals surface area contributed by atoms with Crippen molar-refractivity contribution in [2.24, 2.45) is 0 Å². The Kier molecular flexibility index (Phi) is 4.45. The van der Waals surface area contributed by atoms with Crippen molar-refractivity contribution in [3.63, 3.8) is 0 Å². The number of hydrogen-bond acceptors (Lipinski definition) is 3. The normalized spacial score (nSPS) is 15.0.